The molecule has 0 bridgehead atoms. The molecule has 0 saturated heterocycles. The second kappa shape index (κ2) is 6.09. The average molecular weight is 326 g/mol. The first-order chi connectivity index (χ1) is 10.1. The summed E-state index contributed by atoms with van der Waals surface area (Å²) in [6.45, 7) is 1.75. The first kappa shape index (κ1) is 14.4. The van der Waals surface area contributed by atoms with Gasteiger partial charge in [0.2, 0.25) is 5.91 Å². The third-order valence-corrected chi connectivity index (χ3v) is 4.55. The van der Waals surface area contributed by atoms with Crippen LogP contribution >= 0.6 is 22.9 Å². The van der Waals surface area contributed by atoms with E-state index in [0.717, 1.165) is 30.2 Å². The number of amides is 1. The number of hydrogen-bond acceptors (Lipinski definition) is 4. The predicted molar refractivity (Wildman–Crippen MR) is 81.3 cm³/mol. The van der Waals surface area contributed by atoms with Gasteiger partial charge in [-0.1, -0.05) is 11.6 Å². The molecule has 0 unspecified atom stereocenters. The normalized spacial score (nSPS) is 13.8. The fraction of sp³-hybridized carbons (Fsp3) is 0.286. The topological polar surface area (TPSA) is 54.0 Å². The molecule has 21 heavy (non-hydrogen) atoms. The molecule has 2 heterocycles. The van der Waals surface area contributed by atoms with Crippen molar-refractivity contribution < 1.29 is 9.18 Å². The molecule has 0 aliphatic carbocycles. The highest BCUT2D eigenvalue weighted by Crippen LogP contribution is 2.23. The molecule has 7 heteroatoms. The number of thiazole rings is 1. The van der Waals surface area contributed by atoms with Crippen LogP contribution in [0.3, 0.4) is 0 Å². The van der Waals surface area contributed by atoms with Gasteiger partial charge in [0.05, 0.1) is 17.1 Å². The maximum atomic E-state index is 13.1. The predicted octanol–water partition coefficient (Wildman–Crippen LogP) is 2.76. The number of fused-ring (bicyclic) bond motifs is 1. The van der Waals surface area contributed by atoms with Crippen LogP contribution in [0.25, 0.3) is 0 Å². The number of benzene rings is 1. The highest BCUT2D eigenvalue weighted by molar-refractivity contribution is 7.11. The van der Waals surface area contributed by atoms with Crippen molar-refractivity contribution in [2.75, 3.05) is 11.9 Å². The second-order valence-corrected chi connectivity index (χ2v) is 6.33. The van der Waals surface area contributed by atoms with Gasteiger partial charge < -0.3 is 10.6 Å². The Labute approximate surface area is 130 Å². The van der Waals surface area contributed by atoms with Crippen molar-refractivity contribution in [3.63, 3.8) is 0 Å². The molecule has 1 aromatic heterocycles. The van der Waals surface area contributed by atoms with E-state index in [-0.39, 0.29) is 17.4 Å². The van der Waals surface area contributed by atoms with Gasteiger partial charge in [-0.05, 0) is 18.2 Å². The number of hydrogen-bond donors (Lipinski definition) is 2. The fourth-order valence-electron chi connectivity index (χ4n) is 2.17. The number of rotatable bonds is 3. The molecule has 1 aromatic carbocycles. The van der Waals surface area contributed by atoms with Crippen LogP contribution in [0.2, 0.25) is 5.02 Å². The molecule has 3 rings (SSSR count). The highest BCUT2D eigenvalue weighted by atomic mass is 35.5. The van der Waals surface area contributed by atoms with Crippen LogP contribution in [0.5, 0.6) is 0 Å². The third kappa shape index (κ3) is 3.40. The monoisotopic (exact) mass is 325 g/mol. The lowest BCUT2D eigenvalue weighted by Crippen LogP contribution is -2.22. The molecule has 0 atom stereocenters. The Morgan fingerprint density at radius 2 is 2.38 bits per heavy atom. The Balaban J connectivity index is 1.66. The largest absolute Gasteiger partial charge is 0.326 e. The van der Waals surface area contributed by atoms with Crippen molar-refractivity contribution in [1.82, 2.24) is 10.3 Å². The van der Waals surface area contributed by atoms with Crippen molar-refractivity contribution in [3.05, 3.63) is 44.6 Å². The van der Waals surface area contributed by atoms with Crippen molar-refractivity contribution in [2.24, 2.45) is 0 Å². The van der Waals surface area contributed by atoms with E-state index in [2.05, 4.69) is 15.6 Å². The van der Waals surface area contributed by atoms with Crippen LogP contribution in [0.15, 0.2) is 18.2 Å². The molecule has 110 valence electrons. The van der Waals surface area contributed by atoms with E-state index in [1.165, 1.54) is 23.1 Å². The smallest absolute Gasteiger partial charge is 0.231 e. The summed E-state index contributed by atoms with van der Waals surface area (Å²) < 4.78 is 13.1. The average Bonchev–Trinajstić information content (AvgIpc) is 2.84. The third-order valence-electron chi connectivity index (χ3n) is 3.16. The zero-order chi connectivity index (χ0) is 14.8. The van der Waals surface area contributed by atoms with Crippen molar-refractivity contribution >= 4 is 34.5 Å². The lowest BCUT2D eigenvalue weighted by Gasteiger charge is -2.09. The van der Waals surface area contributed by atoms with Crippen molar-refractivity contribution in [2.45, 2.75) is 19.4 Å². The Morgan fingerprint density at radius 3 is 3.14 bits per heavy atom. The van der Waals surface area contributed by atoms with Crippen LogP contribution < -0.4 is 10.6 Å². The van der Waals surface area contributed by atoms with Gasteiger partial charge in [-0.15, -0.1) is 11.3 Å². The summed E-state index contributed by atoms with van der Waals surface area (Å²) in [5, 5.41) is 6.77. The van der Waals surface area contributed by atoms with Crippen LogP contribution in [0, 0.1) is 5.82 Å². The number of nitrogens with one attached hydrogen (secondary N) is 2. The van der Waals surface area contributed by atoms with E-state index in [1.54, 1.807) is 11.3 Å². The van der Waals surface area contributed by atoms with Crippen LogP contribution in [-0.4, -0.2) is 17.4 Å². The number of carbonyl (C=O) groups is 1. The Hall–Kier alpha value is -1.50. The summed E-state index contributed by atoms with van der Waals surface area (Å²) in [5.41, 5.74) is 1.57. The van der Waals surface area contributed by atoms with Crippen LogP contribution in [0.4, 0.5) is 10.1 Å². The Morgan fingerprint density at radius 1 is 1.52 bits per heavy atom. The number of carbonyl (C=O) groups excluding carboxylic acids is 1. The molecule has 0 spiro atoms. The molecule has 2 aromatic rings. The summed E-state index contributed by atoms with van der Waals surface area (Å²) >= 11 is 7.24. The molecule has 0 radical (unpaired) electrons. The van der Waals surface area contributed by atoms with E-state index in [0.29, 0.717) is 5.69 Å². The minimum absolute atomic E-state index is 0.0106. The van der Waals surface area contributed by atoms with Gasteiger partial charge in [-0.2, -0.15) is 0 Å². The van der Waals surface area contributed by atoms with Crippen molar-refractivity contribution in [1.29, 1.82) is 0 Å². The van der Waals surface area contributed by atoms with Gasteiger partial charge >= 0.3 is 0 Å². The van der Waals surface area contributed by atoms with Crippen LogP contribution in [0.1, 0.15) is 15.6 Å². The zero-order valence-electron chi connectivity index (χ0n) is 11.1. The lowest BCUT2D eigenvalue weighted by atomic mass is 10.2. The molecule has 2 N–H and O–H groups in total. The maximum absolute atomic E-state index is 13.1. The molecule has 1 aliphatic heterocycles. The van der Waals surface area contributed by atoms with Gasteiger partial charge in [0.1, 0.15) is 10.8 Å². The maximum Gasteiger partial charge on any atom is 0.231 e. The van der Waals surface area contributed by atoms with E-state index >= 15 is 0 Å². The van der Waals surface area contributed by atoms with Gasteiger partial charge in [-0.25, -0.2) is 9.37 Å². The van der Waals surface area contributed by atoms with Gasteiger partial charge in [0.15, 0.2) is 0 Å². The Kier molecular flexibility index (Phi) is 4.19. The molecular weight excluding hydrogens is 313 g/mol. The van der Waals surface area contributed by atoms with Gasteiger partial charge in [-0.3, -0.25) is 4.79 Å². The SMILES string of the molecule is O=C(Cc1nc2c(s1)CNCC2)Nc1ccc(F)c(Cl)c1. The lowest BCUT2D eigenvalue weighted by molar-refractivity contribution is -0.115. The molecule has 4 nitrogen and oxygen atoms in total. The first-order valence-corrected chi connectivity index (χ1v) is 7.74. The van der Waals surface area contributed by atoms with E-state index in [9.17, 15) is 9.18 Å². The van der Waals surface area contributed by atoms with E-state index < -0.39 is 5.82 Å². The minimum atomic E-state index is -0.505. The zero-order valence-corrected chi connectivity index (χ0v) is 12.7. The summed E-state index contributed by atoms with van der Waals surface area (Å²) in [6.07, 6.45) is 1.12. The summed E-state index contributed by atoms with van der Waals surface area (Å²) in [7, 11) is 0. The molecule has 1 amide bonds. The number of aromatic nitrogens is 1. The summed E-state index contributed by atoms with van der Waals surface area (Å²) in [5.74, 6) is -0.688. The first-order valence-electron chi connectivity index (χ1n) is 6.55. The minimum Gasteiger partial charge on any atom is -0.326 e. The van der Waals surface area contributed by atoms with Gasteiger partial charge in [0, 0.05) is 30.1 Å². The number of halogens is 2. The highest BCUT2D eigenvalue weighted by Gasteiger charge is 2.16. The molecule has 1 aliphatic rings. The molecular formula is C14H13ClFN3OS. The van der Waals surface area contributed by atoms with E-state index in [1.807, 2.05) is 0 Å². The van der Waals surface area contributed by atoms with Crippen LogP contribution in [-0.2, 0) is 24.2 Å². The standard InChI is InChI=1S/C14H13ClFN3OS/c15-9-5-8(1-2-10(9)16)18-13(20)6-14-19-11-3-4-17-7-12(11)21-14/h1-2,5,17H,3-4,6-7H2,(H,18,20). The molecule has 0 fully saturated rings. The summed E-state index contributed by atoms with van der Waals surface area (Å²) in [6, 6.07) is 4.10. The second-order valence-electron chi connectivity index (χ2n) is 4.76. The van der Waals surface area contributed by atoms with Gasteiger partial charge in [0.25, 0.3) is 0 Å². The quantitative estimate of drug-likeness (QED) is 0.912. The van der Waals surface area contributed by atoms with E-state index in [4.69, 9.17) is 11.6 Å². The summed E-state index contributed by atoms with van der Waals surface area (Å²) in [4.78, 5) is 17.7. The van der Waals surface area contributed by atoms with Crippen molar-refractivity contribution in [3.8, 4) is 0 Å². The fourth-order valence-corrected chi connectivity index (χ4v) is 3.43. The molecule has 0 saturated carbocycles. The number of nitrogens with zero attached hydrogens (tertiary/aromatic N) is 1. The Bertz CT molecular complexity index is 665. The number of anilines is 1.